The van der Waals surface area contributed by atoms with Crippen LogP contribution in [0.3, 0.4) is 0 Å². The predicted molar refractivity (Wildman–Crippen MR) is 102 cm³/mol. The van der Waals surface area contributed by atoms with Crippen molar-refractivity contribution in [3.8, 4) is 11.8 Å². The molecule has 1 saturated heterocycles. The minimum Gasteiger partial charge on any atom is -0.497 e. The predicted octanol–water partition coefficient (Wildman–Crippen LogP) is 2.94. The summed E-state index contributed by atoms with van der Waals surface area (Å²) in [5, 5.41) is 0.203. The molecule has 1 aliphatic rings. The lowest BCUT2D eigenvalue weighted by atomic mass is 10.1. The lowest BCUT2D eigenvalue weighted by Crippen LogP contribution is -2.39. The molecular formula is C18H21ClFN3O4S. The molecule has 0 amide bonds. The number of nitrogens with zero attached hydrogens (tertiary/aromatic N) is 3. The smallest absolute Gasteiger partial charge is 0.317 e. The number of alkyl halides is 1. The minimum atomic E-state index is -3.93. The highest BCUT2D eigenvalue weighted by Gasteiger charge is 2.42. The molecule has 0 bridgehead atoms. The molecule has 2 heterocycles. The summed E-state index contributed by atoms with van der Waals surface area (Å²) in [5.74, 6) is 0.566. The van der Waals surface area contributed by atoms with E-state index in [2.05, 4.69) is 9.97 Å². The van der Waals surface area contributed by atoms with Crippen LogP contribution >= 0.6 is 11.6 Å². The van der Waals surface area contributed by atoms with Crippen molar-refractivity contribution in [3.63, 3.8) is 0 Å². The van der Waals surface area contributed by atoms with Crippen LogP contribution in [-0.2, 0) is 10.0 Å². The van der Waals surface area contributed by atoms with Crippen molar-refractivity contribution in [3.05, 3.63) is 40.7 Å². The normalized spacial score (nSPS) is 20.3. The first-order valence-electron chi connectivity index (χ1n) is 8.65. The van der Waals surface area contributed by atoms with Gasteiger partial charge in [0, 0.05) is 12.7 Å². The zero-order chi connectivity index (χ0) is 20.5. The van der Waals surface area contributed by atoms with E-state index in [1.807, 2.05) is 0 Å². The van der Waals surface area contributed by atoms with E-state index in [0.717, 1.165) is 4.31 Å². The summed E-state index contributed by atoms with van der Waals surface area (Å²) < 4.78 is 52.6. The number of rotatable bonds is 6. The van der Waals surface area contributed by atoms with Crippen molar-refractivity contribution in [1.82, 2.24) is 14.3 Å². The van der Waals surface area contributed by atoms with Gasteiger partial charge in [-0.25, -0.2) is 17.8 Å². The molecule has 1 aromatic carbocycles. The van der Waals surface area contributed by atoms with Crippen molar-refractivity contribution in [2.75, 3.05) is 20.3 Å². The van der Waals surface area contributed by atoms with E-state index in [1.165, 1.54) is 19.4 Å². The second kappa shape index (κ2) is 8.18. The van der Waals surface area contributed by atoms with Crippen molar-refractivity contribution in [1.29, 1.82) is 0 Å². The fourth-order valence-corrected chi connectivity index (χ4v) is 5.58. The van der Waals surface area contributed by atoms with Crippen LogP contribution in [0.2, 0.25) is 5.15 Å². The van der Waals surface area contributed by atoms with Gasteiger partial charge < -0.3 is 9.47 Å². The number of benzene rings is 1. The van der Waals surface area contributed by atoms with Gasteiger partial charge in [-0.05, 0) is 49.6 Å². The first-order valence-corrected chi connectivity index (χ1v) is 10.5. The Morgan fingerprint density at radius 3 is 2.61 bits per heavy atom. The topological polar surface area (TPSA) is 81.6 Å². The molecule has 0 unspecified atom stereocenters. The van der Waals surface area contributed by atoms with Crippen LogP contribution in [0.25, 0.3) is 0 Å². The van der Waals surface area contributed by atoms with Gasteiger partial charge in [-0.1, -0.05) is 11.6 Å². The number of halogens is 2. The third-order valence-corrected chi connectivity index (χ3v) is 6.99. The van der Waals surface area contributed by atoms with Crippen molar-refractivity contribution in [2.45, 2.75) is 37.4 Å². The first-order chi connectivity index (χ1) is 13.2. The van der Waals surface area contributed by atoms with Crippen LogP contribution in [0.1, 0.15) is 17.5 Å². The highest BCUT2D eigenvalue weighted by molar-refractivity contribution is 7.89. The number of hydrogen-bond donors (Lipinski definition) is 0. The van der Waals surface area contributed by atoms with E-state index >= 15 is 0 Å². The van der Waals surface area contributed by atoms with Gasteiger partial charge in [-0.2, -0.15) is 9.29 Å². The van der Waals surface area contributed by atoms with Gasteiger partial charge in [-0.15, -0.1) is 0 Å². The molecule has 0 N–H and O–H groups in total. The van der Waals surface area contributed by atoms with E-state index in [4.69, 9.17) is 21.1 Å². The zero-order valence-electron chi connectivity index (χ0n) is 15.7. The van der Waals surface area contributed by atoms with Crippen molar-refractivity contribution >= 4 is 21.6 Å². The third kappa shape index (κ3) is 4.21. The average Bonchev–Trinajstić information content (AvgIpc) is 3.01. The Bertz CT molecular complexity index is 950. The highest BCUT2D eigenvalue weighted by Crippen LogP contribution is 2.33. The summed E-state index contributed by atoms with van der Waals surface area (Å²) in [6.07, 6.45) is 0.187. The molecule has 2 aromatic rings. The lowest BCUT2D eigenvalue weighted by Gasteiger charge is -2.25. The Labute approximate surface area is 168 Å². The van der Waals surface area contributed by atoms with Crippen LogP contribution in [0.5, 0.6) is 11.8 Å². The lowest BCUT2D eigenvalue weighted by molar-refractivity contribution is 0.217. The Hall–Kier alpha value is -1.97. The molecule has 0 spiro atoms. The number of sulfonamides is 1. The molecule has 1 aliphatic heterocycles. The molecule has 0 aliphatic carbocycles. The van der Waals surface area contributed by atoms with Gasteiger partial charge in [0.25, 0.3) is 0 Å². The van der Waals surface area contributed by atoms with E-state index in [-0.39, 0.29) is 35.6 Å². The van der Waals surface area contributed by atoms with Gasteiger partial charge in [-0.3, -0.25) is 0 Å². The van der Waals surface area contributed by atoms with E-state index < -0.39 is 22.2 Å². The molecule has 2 atom stereocenters. The maximum absolute atomic E-state index is 14.1. The van der Waals surface area contributed by atoms with Crippen LogP contribution < -0.4 is 9.47 Å². The summed E-state index contributed by atoms with van der Waals surface area (Å²) in [6, 6.07) is 4.13. The number of methoxy groups -OCH3 is 1. The molecule has 152 valence electrons. The Balaban J connectivity index is 1.87. The SMILES string of the molecule is COc1cc(C)c(S(=O)(=O)N2C[C@H](F)C[C@H]2COc2nccc(Cl)n2)c(C)c1. The molecular weight excluding hydrogens is 409 g/mol. The molecule has 1 fully saturated rings. The number of aryl methyl sites for hydroxylation is 2. The summed E-state index contributed by atoms with van der Waals surface area (Å²) >= 11 is 5.80. The maximum atomic E-state index is 14.1. The minimum absolute atomic E-state index is 0.0176. The van der Waals surface area contributed by atoms with E-state index in [1.54, 1.807) is 26.0 Å². The fourth-order valence-electron chi connectivity index (χ4n) is 3.39. The van der Waals surface area contributed by atoms with Gasteiger partial charge in [0.05, 0.1) is 18.0 Å². The molecule has 0 radical (unpaired) electrons. The third-order valence-electron chi connectivity index (χ3n) is 4.55. The van der Waals surface area contributed by atoms with Crippen LogP contribution in [0.15, 0.2) is 29.3 Å². The maximum Gasteiger partial charge on any atom is 0.317 e. The molecule has 0 saturated carbocycles. The summed E-state index contributed by atoms with van der Waals surface area (Å²) in [6.45, 7) is 3.08. The second-order valence-corrected chi connectivity index (χ2v) is 8.84. The first kappa shape index (κ1) is 20.8. The Kier molecular flexibility index (Phi) is 6.07. The molecule has 3 rings (SSSR count). The van der Waals surface area contributed by atoms with Crippen LogP contribution in [-0.4, -0.2) is 55.2 Å². The quantitative estimate of drug-likeness (QED) is 0.657. The van der Waals surface area contributed by atoms with Crippen LogP contribution in [0, 0.1) is 13.8 Å². The van der Waals surface area contributed by atoms with E-state index in [0.29, 0.717) is 16.9 Å². The van der Waals surface area contributed by atoms with Crippen LogP contribution in [0.4, 0.5) is 4.39 Å². The number of ether oxygens (including phenoxy) is 2. The summed E-state index contributed by atoms with van der Waals surface area (Å²) in [7, 11) is -2.41. The van der Waals surface area contributed by atoms with Gasteiger partial charge in [0.2, 0.25) is 10.0 Å². The fraction of sp³-hybridized carbons (Fsp3) is 0.444. The van der Waals surface area contributed by atoms with Gasteiger partial charge in [0.15, 0.2) is 0 Å². The summed E-state index contributed by atoms with van der Waals surface area (Å²) in [5.41, 5.74) is 1.08. The molecule has 10 heteroatoms. The monoisotopic (exact) mass is 429 g/mol. The zero-order valence-corrected chi connectivity index (χ0v) is 17.3. The Morgan fingerprint density at radius 1 is 1.32 bits per heavy atom. The number of aromatic nitrogens is 2. The van der Waals surface area contributed by atoms with Crippen molar-refractivity contribution < 1.29 is 22.3 Å². The van der Waals surface area contributed by atoms with Gasteiger partial charge >= 0.3 is 6.01 Å². The highest BCUT2D eigenvalue weighted by atomic mass is 35.5. The molecule has 1 aromatic heterocycles. The summed E-state index contributed by atoms with van der Waals surface area (Å²) in [4.78, 5) is 7.98. The Morgan fingerprint density at radius 2 is 2.00 bits per heavy atom. The van der Waals surface area contributed by atoms with Gasteiger partial charge in [0.1, 0.15) is 23.7 Å². The molecule has 28 heavy (non-hydrogen) atoms. The largest absolute Gasteiger partial charge is 0.497 e. The number of hydrogen-bond acceptors (Lipinski definition) is 6. The average molecular weight is 430 g/mol. The molecule has 7 nitrogen and oxygen atoms in total. The van der Waals surface area contributed by atoms with Crippen molar-refractivity contribution in [2.24, 2.45) is 0 Å². The van der Waals surface area contributed by atoms with E-state index in [9.17, 15) is 12.8 Å². The standard InChI is InChI=1S/C18H21ClFN3O4S/c1-11-6-15(26-3)7-12(2)17(11)28(24,25)23-9-13(20)8-14(23)10-27-18-21-5-4-16(19)22-18/h4-7,13-14H,8-10H2,1-3H3/t13-,14+/m1/s1. The second-order valence-electron chi connectivity index (χ2n) is 6.62.